The van der Waals surface area contributed by atoms with E-state index < -0.39 is 0 Å². The monoisotopic (exact) mass is 285 g/mol. The maximum atomic E-state index is 12.7. The van der Waals surface area contributed by atoms with Crippen LogP contribution in [0.2, 0.25) is 0 Å². The van der Waals surface area contributed by atoms with Gasteiger partial charge in [0.15, 0.2) is 0 Å². The molecule has 0 saturated heterocycles. The van der Waals surface area contributed by atoms with Gasteiger partial charge >= 0.3 is 0 Å². The number of halogens is 2. The van der Waals surface area contributed by atoms with Crippen LogP contribution in [0.5, 0.6) is 0 Å². The first-order valence-corrected chi connectivity index (χ1v) is 5.72. The molecule has 6 heteroatoms. The SMILES string of the molecule is CCC(Br)c1nc(-c2ccc(F)cn2)no1. The molecule has 1 atom stereocenters. The van der Waals surface area contributed by atoms with Crippen LogP contribution in [0.4, 0.5) is 4.39 Å². The minimum Gasteiger partial charge on any atom is -0.338 e. The molecule has 1 unspecified atom stereocenters. The second kappa shape index (κ2) is 4.69. The third-order valence-electron chi connectivity index (χ3n) is 2.02. The average Bonchev–Trinajstić information content (AvgIpc) is 2.78. The molecule has 0 spiro atoms. The molecule has 0 radical (unpaired) electrons. The zero-order valence-corrected chi connectivity index (χ0v) is 10.1. The van der Waals surface area contributed by atoms with Gasteiger partial charge in [-0.15, -0.1) is 0 Å². The van der Waals surface area contributed by atoms with E-state index in [-0.39, 0.29) is 10.6 Å². The molecule has 0 aliphatic heterocycles. The van der Waals surface area contributed by atoms with E-state index >= 15 is 0 Å². The fourth-order valence-electron chi connectivity index (χ4n) is 1.15. The van der Waals surface area contributed by atoms with Crippen molar-refractivity contribution in [2.45, 2.75) is 18.2 Å². The Balaban J connectivity index is 2.28. The van der Waals surface area contributed by atoms with Crippen LogP contribution in [0.1, 0.15) is 24.1 Å². The highest BCUT2D eigenvalue weighted by Crippen LogP contribution is 2.25. The summed E-state index contributed by atoms with van der Waals surface area (Å²) in [5.74, 6) is 0.482. The van der Waals surface area contributed by atoms with Crippen molar-refractivity contribution in [3.8, 4) is 11.5 Å². The molecule has 84 valence electrons. The largest absolute Gasteiger partial charge is 0.338 e. The number of alkyl halides is 1. The quantitative estimate of drug-likeness (QED) is 0.813. The van der Waals surface area contributed by atoms with E-state index in [0.717, 1.165) is 12.6 Å². The molecule has 16 heavy (non-hydrogen) atoms. The van der Waals surface area contributed by atoms with E-state index in [2.05, 4.69) is 31.1 Å². The molecule has 0 bridgehead atoms. The molecule has 0 N–H and O–H groups in total. The Morgan fingerprint density at radius 1 is 1.50 bits per heavy atom. The van der Waals surface area contributed by atoms with Gasteiger partial charge in [0.05, 0.1) is 11.0 Å². The Hall–Kier alpha value is -1.30. The normalized spacial score (nSPS) is 12.7. The lowest BCUT2D eigenvalue weighted by Gasteiger charge is -1.96. The molecule has 0 saturated carbocycles. The summed E-state index contributed by atoms with van der Waals surface area (Å²) >= 11 is 3.41. The lowest BCUT2D eigenvalue weighted by atomic mass is 10.3. The minimum atomic E-state index is -0.389. The van der Waals surface area contributed by atoms with Crippen LogP contribution in [0, 0.1) is 5.82 Å². The van der Waals surface area contributed by atoms with Gasteiger partial charge in [0.25, 0.3) is 0 Å². The van der Waals surface area contributed by atoms with Crippen LogP contribution in [0.3, 0.4) is 0 Å². The van der Waals surface area contributed by atoms with Crippen molar-refractivity contribution in [2.24, 2.45) is 0 Å². The summed E-state index contributed by atoms with van der Waals surface area (Å²) in [7, 11) is 0. The van der Waals surface area contributed by atoms with Crippen molar-refractivity contribution < 1.29 is 8.91 Å². The highest BCUT2D eigenvalue weighted by molar-refractivity contribution is 9.09. The highest BCUT2D eigenvalue weighted by Gasteiger charge is 2.15. The van der Waals surface area contributed by atoms with E-state index in [1.54, 1.807) is 0 Å². The smallest absolute Gasteiger partial charge is 0.240 e. The molecule has 4 nitrogen and oxygen atoms in total. The molecule has 0 fully saturated rings. The van der Waals surface area contributed by atoms with Gasteiger partial charge in [-0.05, 0) is 18.6 Å². The second-order valence-corrected chi connectivity index (χ2v) is 4.30. The highest BCUT2D eigenvalue weighted by atomic mass is 79.9. The van der Waals surface area contributed by atoms with Crippen LogP contribution in [-0.2, 0) is 0 Å². The van der Waals surface area contributed by atoms with Crippen LogP contribution < -0.4 is 0 Å². The topological polar surface area (TPSA) is 51.8 Å². The summed E-state index contributed by atoms with van der Waals surface area (Å²) < 4.78 is 17.7. The van der Waals surface area contributed by atoms with Crippen molar-refractivity contribution in [3.63, 3.8) is 0 Å². The average molecular weight is 286 g/mol. The Morgan fingerprint density at radius 3 is 2.94 bits per heavy atom. The van der Waals surface area contributed by atoms with Gasteiger partial charge in [0.2, 0.25) is 11.7 Å². The number of pyridine rings is 1. The summed E-state index contributed by atoms with van der Waals surface area (Å²) in [5.41, 5.74) is 0.493. The Bertz CT molecular complexity index is 471. The summed E-state index contributed by atoms with van der Waals surface area (Å²) in [4.78, 5) is 8.08. The standard InChI is InChI=1S/C10H9BrFN3O/c1-2-7(11)10-14-9(15-16-10)8-4-3-6(12)5-13-8/h3-5,7H,2H2,1H3. The van der Waals surface area contributed by atoms with Gasteiger partial charge in [-0.3, -0.25) is 0 Å². The number of nitrogens with zero attached hydrogens (tertiary/aromatic N) is 3. The number of rotatable bonds is 3. The van der Waals surface area contributed by atoms with Gasteiger partial charge in [-0.2, -0.15) is 4.98 Å². The van der Waals surface area contributed by atoms with E-state index in [4.69, 9.17) is 4.52 Å². The van der Waals surface area contributed by atoms with E-state index in [1.807, 2.05) is 6.92 Å². The van der Waals surface area contributed by atoms with E-state index in [9.17, 15) is 4.39 Å². The number of hydrogen-bond donors (Lipinski definition) is 0. The maximum absolute atomic E-state index is 12.7. The molecule has 2 aromatic rings. The first-order chi connectivity index (χ1) is 7.70. The Kier molecular flexibility index (Phi) is 3.28. The zero-order chi connectivity index (χ0) is 11.5. The lowest BCUT2D eigenvalue weighted by Crippen LogP contribution is -1.89. The molecular weight excluding hydrogens is 277 g/mol. The summed E-state index contributed by atoms with van der Waals surface area (Å²) in [5, 5.41) is 3.78. The molecule has 0 amide bonds. The second-order valence-electron chi connectivity index (χ2n) is 3.19. The summed E-state index contributed by atoms with van der Waals surface area (Å²) in [6.45, 7) is 2.00. The Morgan fingerprint density at radius 2 is 2.31 bits per heavy atom. The van der Waals surface area contributed by atoms with Gasteiger partial charge < -0.3 is 4.52 Å². The Labute approximate surface area is 100 Å². The van der Waals surface area contributed by atoms with Crippen LogP contribution in [0.25, 0.3) is 11.5 Å². The van der Waals surface area contributed by atoms with Crippen molar-refractivity contribution >= 4 is 15.9 Å². The zero-order valence-electron chi connectivity index (χ0n) is 8.52. The van der Waals surface area contributed by atoms with Crippen molar-refractivity contribution in [2.75, 3.05) is 0 Å². The van der Waals surface area contributed by atoms with E-state index in [1.165, 1.54) is 12.1 Å². The first-order valence-electron chi connectivity index (χ1n) is 4.80. The molecule has 2 heterocycles. The molecule has 0 aliphatic carbocycles. The minimum absolute atomic E-state index is 0.0363. The predicted octanol–water partition coefficient (Wildman–Crippen LogP) is 3.12. The maximum Gasteiger partial charge on any atom is 0.240 e. The number of aromatic nitrogens is 3. The number of hydrogen-bond acceptors (Lipinski definition) is 4. The van der Waals surface area contributed by atoms with Crippen molar-refractivity contribution in [1.82, 2.24) is 15.1 Å². The fraction of sp³-hybridized carbons (Fsp3) is 0.300. The molecular formula is C10H9BrFN3O. The molecule has 0 aromatic carbocycles. The molecule has 0 aliphatic rings. The van der Waals surface area contributed by atoms with Gasteiger partial charge in [-0.25, -0.2) is 9.37 Å². The fourth-order valence-corrected chi connectivity index (χ4v) is 1.34. The lowest BCUT2D eigenvalue weighted by molar-refractivity contribution is 0.376. The van der Waals surface area contributed by atoms with Gasteiger partial charge in [0.1, 0.15) is 11.5 Å². The molecule has 2 aromatic heterocycles. The van der Waals surface area contributed by atoms with E-state index in [0.29, 0.717) is 17.4 Å². The first kappa shape index (κ1) is 11.2. The van der Waals surface area contributed by atoms with Gasteiger partial charge in [0, 0.05) is 0 Å². The summed E-state index contributed by atoms with van der Waals surface area (Å²) in [6, 6.07) is 2.82. The summed E-state index contributed by atoms with van der Waals surface area (Å²) in [6.07, 6.45) is 1.97. The predicted molar refractivity (Wildman–Crippen MR) is 59.4 cm³/mol. The van der Waals surface area contributed by atoms with Crippen LogP contribution in [-0.4, -0.2) is 15.1 Å². The third kappa shape index (κ3) is 2.27. The van der Waals surface area contributed by atoms with Crippen LogP contribution in [0.15, 0.2) is 22.9 Å². The third-order valence-corrected chi connectivity index (χ3v) is 3.06. The van der Waals surface area contributed by atoms with Gasteiger partial charge in [-0.1, -0.05) is 28.0 Å². The van der Waals surface area contributed by atoms with Crippen molar-refractivity contribution in [3.05, 3.63) is 30.0 Å². The van der Waals surface area contributed by atoms with Crippen molar-refractivity contribution in [1.29, 1.82) is 0 Å². The molecule has 2 rings (SSSR count). The van der Waals surface area contributed by atoms with Crippen LogP contribution >= 0.6 is 15.9 Å².